The van der Waals surface area contributed by atoms with Gasteiger partial charge in [0.25, 0.3) is 0 Å². The summed E-state index contributed by atoms with van der Waals surface area (Å²) in [6.07, 6.45) is 1.21. The number of alkyl carbamates (subject to hydrolysis) is 1. The Morgan fingerprint density at radius 1 is 1.19 bits per heavy atom. The van der Waals surface area contributed by atoms with E-state index in [1.807, 2.05) is 13.0 Å². The standard InChI is InChI=1S/C27H41N3O7/c1-8-18(4)30(25(34)21(17-31)29-26(35)37-27(5,6)7)23(20-13-11-12-19(9-2)16-20)24(33)28-15-14-22(32)36-10-3/h9,11-13,16,18,21,23,31H,2,8,10,14-15,17H2,1,3-7H3,(H,28,33)(H,29,35). The summed E-state index contributed by atoms with van der Waals surface area (Å²) in [5.41, 5.74) is 0.438. The molecule has 3 unspecified atom stereocenters. The number of ether oxygens (including phenoxy) is 2. The Morgan fingerprint density at radius 3 is 2.41 bits per heavy atom. The van der Waals surface area contributed by atoms with Crippen LogP contribution >= 0.6 is 0 Å². The quantitative estimate of drug-likeness (QED) is 0.341. The molecule has 3 atom stereocenters. The Morgan fingerprint density at radius 2 is 1.86 bits per heavy atom. The molecule has 1 rings (SSSR count). The number of amides is 3. The monoisotopic (exact) mass is 519 g/mol. The second-order valence-electron chi connectivity index (χ2n) is 9.51. The van der Waals surface area contributed by atoms with Crippen molar-refractivity contribution in [3.63, 3.8) is 0 Å². The number of carbonyl (C=O) groups is 4. The van der Waals surface area contributed by atoms with Crippen LogP contribution in [-0.4, -0.2) is 71.3 Å². The van der Waals surface area contributed by atoms with Crippen LogP contribution in [0.25, 0.3) is 6.08 Å². The van der Waals surface area contributed by atoms with E-state index in [-0.39, 0.29) is 19.6 Å². The molecule has 0 saturated heterocycles. The van der Waals surface area contributed by atoms with Crippen LogP contribution in [0.15, 0.2) is 30.8 Å². The highest BCUT2D eigenvalue weighted by Crippen LogP contribution is 2.27. The van der Waals surface area contributed by atoms with E-state index in [0.29, 0.717) is 12.0 Å². The van der Waals surface area contributed by atoms with E-state index in [2.05, 4.69) is 17.2 Å². The van der Waals surface area contributed by atoms with Gasteiger partial charge in [-0.25, -0.2) is 4.79 Å². The van der Waals surface area contributed by atoms with E-state index in [4.69, 9.17) is 9.47 Å². The molecule has 0 fully saturated rings. The number of hydrogen-bond donors (Lipinski definition) is 3. The molecule has 1 aromatic rings. The molecule has 0 heterocycles. The first-order valence-corrected chi connectivity index (χ1v) is 12.5. The van der Waals surface area contributed by atoms with Crippen molar-refractivity contribution >= 4 is 30.0 Å². The molecule has 0 aliphatic heterocycles. The molecule has 1 aromatic carbocycles. The summed E-state index contributed by atoms with van der Waals surface area (Å²) in [5, 5.41) is 15.1. The Kier molecular flexibility index (Phi) is 12.8. The average molecular weight is 520 g/mol. The number of hydrogen-bond acceptors (Lipinski definition) is 7. The fourth-order valence-corrected chi connectivity index (χ4v) is 3.52. The zero-order valence-corrected chi connectivity index (χ0v) is 22.7. The minimum absolute atomic E-state index is 0.0113. The highest BCUT2D eigenvalue weighted by atomic mass is 16.6. The molecule has 0 aliphatic carbocycles. The highest BCUT2D eigenvalue weighted by Gasteiger charge is 2.38. The van der Waals surface area contributed by atoms with Crippen molar-refractivity contribution < 1.29 is 33.8 Å². The predicted molar refractivity (Wildman–Crippen MR) is 140 cm³/mol. The third kappa shape index (κ3) is 10.2. The molecule has 206 valence electrons. The summed E-state index contributed by atoms with van der Waals surface area (Å²) >= 11 is 0. The van der Waals surface area contributed by atoms with E-state index in [1.165, 1.54) is 4.90 Å². The van der Waals surface area contributed by atoms with Crippen LogP contribution in [0, 0.1) is 0 Å². The third-order valence-electron chi connectivity index (χ3n) is 5.41. The molecule has 10 nitrogen and oxygen atoms in total. The highest BCUT2D eigenvalue weighted by molar-refractivity contribution is 5.92. The van der Waals surface area contributed by atoms with Crippen LogP contribution in [-0.2, 0) is 23.9 Å². The molecule has 0 aliphatic rings. The molecule has 0 aromatic heterocycles. The van der Waals surface area contributed by atoms with Crippen molar-refractivity contribution in [2.45, 2.75) is 78.1 Å². The molecular formula is C27H41N3O7. The fourth-order valence-electron chi connectivity index (χ4n) is 3.52. The van der Waals surface area contributed by atoms with Gasteiger partial charge in [-0.05, 0) is 58.2 Å². The number of aliphatic hydroxyl groups excluding tert-OH is 1. The summed E-state index contributed by atoms with van der Waals surface area (Å²) in [6.45, 7) is 13.7. The maximum absolute atomic E-state index is 13.7. The van der Waals surface area contributed by atoms with Gasteiger partial charge in [-0.1, -0.05) is 37.8 Å². The van der Waals surface area contributed by atoms with Gasteiger partial charge < -0.3 is 30.1 Å². The normalized spacial score (nSPS) is 13.5. The predicted octanol–water partition coefficient (Wildman–Crippen LogP) is 2.95. The number of benzene rings is 1. The minimum Gasteiger partial charge on any atom is -0.466 e. The average Bonchev–Trinajstić information content (AvgIpc) is 2.83. The lowest BCUT2D eigenvalue weighted by molar-refractivity contribution is -0.146. The third-order valence-corrected chi connectivity index (χ3v) is 5.41. The van der Waals surface area contributed by atoms with Gasteiger partial charge in [0.15, 0.2) is 0 Å². The summed E-state index contributed by atoms with van der Waals surface area (Å²) in [6, 6.07) is 4.09. The van der Waals surface area contributed by atoms with Gasteiger partial charge in [-0.3, -0.25) is 14.4 Å². The van der Waals surface area contributed by atoms with Crippen molar-refractivity contribution in [2.75, 3.05) is 19.8 Å². The van der Waals surface area contributed by atoms with Crippen LogP contribution in [0.2, 0.25) is 0 Å². The van der Waals surface area contributed by atoms with E-state index in [9.17, 15) is 24.3 Å². The van der Waals surface area contributed by atoms with Gasteiger partial charge in [-0.15, -0.1) is 0 Å². The maximum atomic E-state index is 13.7. The molecule has 0 bridgehead atoms. The topological polar surface area (TPSA) is 134 Å². The second kappa shape index (κ2) is 15.0. The van der Waals surface area contributed by atoms with Gasteiger partial charge in [0.05, 0.1) is 19.6 Å². The van der Waals surface area contributed by atoms with Crippen molar-refractivity contribution in [1.29, 1.82) is 0 Å². The fraction of sp³-hybridized carbons (Fsp3) is 0.556. The Balaban J connectivity index is 3.40. The molecule has 3 amide bonds. The molecular weight excluding hydrogens is 478 g/mol. The van der Waals surface area contributed by atoms with Gasteiger partial charge in [0.2, 0.25) is 11.8 Å². The summed E-state index contributed by atoms with van der Waals surface area (Å²) in [7, 11) is 0. The summed E-state index contributed by atoms with van der Waals surface area (Å²) < 4.78 is 10.2. The summed E-state index contributed by atoms with van der Waals surface area (Å²) in [4.78, 5) is 52.7. The van der Waals surface area contributed by atoms with Crippen LogP contribution in [0.5, 0.6) is 0 Å². The first-order valence-electron chi connectivity index (χ1n) is 12.5. The van der Waals surface area contributed by atoms with Crippen LogP contribution < -0.4 is 10.6 Å². The zero-order chi connectivity index (χ0) is 28.2. The van der Waals surface area contributed by atoms with Gasteiger partial charge in [0, 0.05) is 12.6 Å². The number of rotatable bonds is 13. The van der Waals surface area contributed by atoms with Gasteiger partial charge in [-0.2, -0.15) is 0 Å². The molecule has 0 radical (unpaired) electrons. The van der Waals surface area contributed by atoms with E-state index < -0.39 is 54.2 Å². The van der Waals surface area contributed by atoms with Crippen molar-refractivity contribution in [2.24, 2.45) is 0 Å². The zero-order valence-electron chi connectivity index (χ0n) is 22.7. The molecule has 0 spiro atoms. The number of carbonyl (C=O) groups excluding carboxylic acids is 4. The maximum Gasteiger partial charge on any atom is 0.408 e. The van der Waals surface area contributed by atoms with Crippen LogP contribution in [0.3, 0.4) is 0 Å². The van der Waals surface area contributed by atoms with Crippen molar-refractivity contribution in [1.82, 2.24) is 15.5 Å². The lowest BCUT2D eigenvalue weighted by Gasteiger charge is -2.38. The van der Waals surface area contributed by atoms with E-state index >= 15 is 0 Å². The van der Waals surface area contributed by atoms with Crippen LogP contribution in [0.1, 0.15) is 71.6 Å². The van der Waals surface area contributed by atoms with E-state index in [0.717, 1.165) is 5.56 Å². The molecule has 3 N–H and O–H groups in total. The minimum atomic E-state index is -1.35. The van der Waals surface area contributed by atoms with Crippen molar-refractivity contribution in [3.8, 4) is 0 Å². The number of esters is 1. The van der Waals surface area contributed by atoms with Crippen molar-refractivity contribution in [3.05, 3.63) is 42.0 Å². The smallest absolute Gasteiger partial charge is 0.408 e. The lowest BCUT2D eigenvalue weighted by atomic mass is 9.98. The van der Waals surface area contributed by atoms with E-state index in [1.54, 1.807) is 58.9 Å². The number of nitrogens with zero attached hydrogens (tertiary/aromatic N) is 1. The first-order chi connectivity index (χ1) is 17.4. The van der Waals surface area contributed by atoms with Crippen LogP contribution in [0.4, 0.5) is 4.79 Å². The first kappa shape index (κ1) is 31.6. The van der Waals surface area contributed by atoms with Gasteiger partial charge in [0.1, 0.15) is 17.7 Å². The van der Waals surface area contributed by atoms with Gasteiger partial charge >= 0.3 is 12.1 Å². The molecule has 0 saturated carbocycles. The number of nitrogens with one attached hydrogen (secondary N) is 2. The SMILES string of the molecule is C=Cc1cccc(C(C(=O)NCCC(=O)OCC)N(C(=O)C(CO)NC(=O)OC(C)(C)C)C(C)CC)c1. The lowest BCUT2D eigenvalue weighted by Crippen LogP contribution is -2.56. The Hall–Kier alpha value is -3.40. The second-order valence-corrected chi connectivity index (χ2v) is 9.51. The largest absolute Gasteiger partial charge is 0.466 e. The Bertz CT molecular complexity index is 942. The molecule has 10 heteroatoms. The number of aliphatic hydroxyl groups is 1. The summed E-state index contributed by atoms with van der Waals surface area (Å²) in [5.74, 6) is -1.63. The molecule has 37 heavy (non-hydrogen) atoms. The Labute approximate surface area is 219 Å².